The molecule has 1 aromatic carbocycles. The number of methoxy groups -OCH3 is 1. The Morgan fingerprint density at radius 2 is 2.00 bits per heavy atom. The quantitative estimate of drug-likeness (QED) is 0.355. The van der Waals surface area contributed by atoms with E-state index < -0.39 is 0 Å². The summed E-state index contributed by atoms with van der Waals surface area (Å²) >= 11 is 0. The van der Waals surface area contributed by atoms with Gasteiger partial charge in [0, 0.05) is 45.5 Å². The van der Waals surface area contributed by atoms with Crippen molar-refractivity contribution in [2.45, 2.75) is 26.9 Å². The smallest absolute Gasteiger partial charge is 0.194 e. The number of piperazine rings is 1. The van der Waals surface area contributed by atoms with Crippen LogP contribution in [-0.4, -0.2) is 60.6 Å². The number of halogens is 2. The molecule has 1 aliphatic rings. The van der Waals surface area contributed by atoms with E-state index in [0.29, 0.717) is 6.54 Å². The minimum atomic E-state index is -0.310. The van der Waals surface area contributed by atoms with Crippen molar-refractivity contribution in [2.24, 2.45) is 4.99 Å². The van der Waals surface area contributed by atoms with Crippen molar-refractivity contribution >= 4 is 29.9 Å². The van der Waals surface area contributed by atoms with Gasteiger partial charge in [0.2, 0.25) is 0 Å². The van der Waals surface area contributed by atoms with Gasteiger partial charge in [-0.05, 0) is 43.2 Å². The Hall–Kier alpha value is -1.94. The van der Waals surface area contributed by atoms with Gasteiger partial charge in [-0.1, -0.05) is 12.1 Å². The van der Waals surface area contributed by atoms with Crippen LogP contribution < -0.4 is 10.1 Å². The molecule has 30 heavy (non-hydrogen) atoms. The lowest BCUT2D eigenvalue weighted by Gasteiger charge is -2.36. The Kier molecular flexibility index (Phi) is 9.77. The molecule has 1 aliphatic heterocycles. The molecule has 1 saturated heterocycles. The highest BCUT2D eigenvalue weighted by atomic mass is 127. The molecule has 0 atom stereocenters. The summed E-state index contributed by atoms with van der Waals surface area (Å²) in [5, 5.41) is 3.39. The molecule has 0 aliphatic carbocycles. The number of nitrogens with zero attached hydrogens (tertiary/aromatic N) is 4. The van der Waals surface area contributed by atoms with Crippen molar-refractivity contribution < 1.29 is 9.13 Å². The summed E-state index contributed by atoms with van der Waals surface area (Å²) in [5.74, 6) is 0.899. The van der Waals surface area contributed by atoms with Gasteiger partial charge in [-0.2, -0.15) is 0 Å². The zero-order valence-corrected chi connectivity index (χ0v) is 20.2. The molecule has 6 nitrogen and oxygen atoms in total. The number of nitrogens with one attached hydrogen (secondary N) is 1. The molecule has 1 N–H and O–H groups in total. The highest BCUT2D eigenvalue weighted by Crippen LogP contribution is 2.19. The Bertz CT molecular complexity index is 840. The van der Waals surface area contributed by atoms with Crippen LogP contribution in [0.15, 0.2) is 41.5 Å². The number of aliphatic imine (C=N–C) groups is 1. The van der Waals surface area contributed by atoms with Crippen LogP contribution in [0, 0.1) is 12.7 Å². The molecule has 2 heterocycles. The first kappa shape index (κ1) is 24.3. The zero-order chi connectivity index (χ0) is 20.6. The molecule has 1 aromatic heterocycles. The third kappa shape index (κ3) is 6.53. The van der Waals surface area contributed by atoms with Gasteiger partial charge < -0.3 is 15.0 Å². The maximum atomic E-state index is 13.9. The minimum Gasteiger partial charge on any atom is -0.494 e. The fourth-order valence-electron chi connectivity index (χ4n) is 3.44. The fraction of sp³-hybridized carbons (Fsp3) is 0.455. The predicted molar refractivity (Wildman–Crippen MR) is 129 cm³/mol. The standard InChI is InChI=1S/C22H30FN5O.HI/c1-4-24-22(26-15-20-17(2)6-5-9-25-20)28-12-10-27(11-13-28)16-18-7-8-21(29-3)19(23)14-18;/h5-9,14H,4,10-13,15-16H2,1-3H3,(H,24,26);1H. The molecule has 1 fully saturated rings. The van der Waals surface area contributed by atoms with Gasteiger partial charge in [-0.15, -0.1) is 24.0 Å². The van der Waals surface area contributed by atoms with Gasteiger partial charge in [0.15, 0.2) is 17.5 Å². The van der Waals surface area contributed by atoms with Gasteiger partial charge >= 0.3 is 0 Å². The van der Waals surface area contributed by atoms with Gasteiger partial charge in [0.1, 0.15) is 0 Å². The molecule has 0 bridgehead atoms. The van der Waals surface area contributed by atoms with Crippen molar-refractivity contribution in [1.29, 1.82) is 0 Å². The summed E-state index contributed by atoms with van der Waals surface area (Å²) in [7, 11) is 1.48. The molecule has 0 amide bonds. The molecule has 0 saturated carbocycles. The SMILES string of the molecule is CCNC(=NCc1ncccc1C)N1CCN(Cc2ccc(OC)c(F)c2)CC1.I. The second kappa shape index (κ2) is 12.0. The third-order valence-corrected chi connectivity index (χ3v) is 5.13. The van der Waals surface area contributed by atoms with E-state index in [1.807, 2.05) is 18.3 Å². The van der Waals surface area contributed by atoms with E-state index >= 15 is 0 Å². The predicted octanol–water partition coefficient (Wildman–Crippen LogP) is 3.44. The second-order valence-corrected chi connectivity index (χ2v) is 7.17. The molecule has 0 unspecified atom stereocenters. The molecular weight excluding hydrogens is 496 g/mol. The van der Waals surface area contributed by atoms with Crippen LogP contribution in [0.4, 0.5) is 4.39 Å². The largest absolute Gasteiger partial charge is 0.494 e. The van der Waals surface area contributed by atoms with E-state index in [2.05, 4.69) is 40.0 Å². The first-order chi connectivity index (χ1) is 14.1. The number of benzene rings is 1. The highest BCUT2D eigenvalue weighted by molar-refractivity contribution is 14.0. The van der Waals surface area contributed by atoms with Gasteiger partial charge in [-0.3, -0.25) is 9.88 Å². The maximum absolute atomic E-state index is 13.9. The zero-order valence-electron chi connectivity index (χ0n) is 17.9. The summed E-state index contributed by atoms with van der Waals surface area (Å²) in [6, 6.07) is 9.19. The van der Waals surface area contributed by atoms with E-state index in [-0.39, 0.29) is 35.5 Å². The second-order valence-electron chi connectivity index (χ2n) is 7.17. The Morgan fingerprint density at radius 3 is 2.63 bits per heavy atom. The summed E-state index contributed by atoms with van der Waals surface area (Å²) < 4.78 is 18.9. The topological polar surface area (TPSA) is 53.0 Å². The lowest BCUT2D eigenvalue weighted by atomic mass is 10.2. The van der Waals surface area contributed by atoms with E-state index in [0.717, 1.165) is 62.0 Å². The van der Waals surface area contributed by atoms with Crippen LogP contribution in [0.3, 0.4) is 0 Å². The highest BCUT2D eigenvalue weighted by Gasteiger charge is 2.20. The minimum absolute atomic E-state index is 0. The number of rotatable bonds is 6. The molecule has 3 rings (SSSR count). The van der Waals surface area contributed by atoms with Gasteiger partial charge in [0.05, 0.1) is 19.3 Å². The number of guanidine groups is 1. The van der Waals surface area contributed by atoms with Crippen LogP contribution >= 0.6 is 24.0 Å². The first-order valence-corrected chi connectivity index (χ1v) is 10.1. The number of ether oxygens (including phenoxy) is 1. The Labute approximate surface area is 195 Å². The maximum Gasteiger partial charge on any atom is 0.194 e. The van der Waals surface area contributed by atoms with Crippen molar-refractivity contribution in [3.63, 3.8) is 0 Å². The summed E-state index contributed by atoms with van der Waals surface area (Å²) in [6.45, 7) is 9.83. The number of aromatic nitrogens is 1. The summed E-state index contributed by atoms with van der Waals surface area (Å²) in [5.41, 5.74) is 3.12. The lowest BCUT2D eigenvalue weighted by molar-refractivity contribution is 0.172. The average Bonchev–Trinajstić information content (AvgIpc) is 2.73. The van der Waals surface area contributed by atoms with E-state index in [4.69, 9.17) is 9.73 Å². The fourth-order valence-corrected chi connectivity index (χ4v) is 3.44. The van der Waals surface area contributed by atoms with Gasteiger partial charge in [0.25, 0.3) is 0 Å². The van der Waals surface area contributed by atoms with E-state index in [1.54, 1.807) is 12.1 Å². The molecule has 164 valence electrons. The number of hydrogen-bond acceptors (Lipinski definition) is 4. The first-order valence-electron chi connectivity index (χ1n) is 10.1. The van der Waals surface area contributed by atoms with Crippen molar-refractivity contribution in [2.75, 3.05) is 39.8 Å². The van der Waals surface area contributed by atoms with Crippen LogP contribution in [0.1, 0.15) is 23.7 Å². The van der Waals surface area contributed by atoms with Crippen LogP contribution in [0.25, 0.3) is 0 Å². The van der Waals surface area contributed by atoms with Crippen molar-refractivity contribution in [3.05, 3.63) is 59.2 Å². The molecular formula is C22H31FIN5O. The molecule has 2 aromatic rings. The number of pyridine rings is 1. The van der Waals surface area contributed by atoms with Crippen LogP contribution in [0.5, 0.6) is 5.75 Å². The number of hydrogen-bond donors (Lipinski definition) is 1. The molecule has 0 radical (unpaired) electrons. The van der Waals surface area contributed by atoms with E-state index in [9.17, 15) is 4.39 Å². The average molecular weight is 527 g/mol. The van der Waals surface area contributed by atoms with Crippen LogP contribution in [0.2, 0.25) is 0 Å². The monoisotopic (exact) mass is 527 g/mol. The van der Waals surface area contributed by atoms with E-state index in [1.165, 1.54) is 7.11 Å². The number of aryl methyl sites for hydroxylation is 1. The molecule has 0 spiro atoms. The summed E-state index contributed by atoms with van der Waals surface area (Å²) in [6.07, 6.45) is 1.81. The van der Waals surface area contributed by atoms with Crippen molar-refractivity contribution in [1.82, 2.24) is 20.1 Å². The lowest BCUT2D eigenvalue weighted by Crippen LogP contribution is -2.52. The van der Waals surface area contributed by atoms with Crippen molar-refractivity contribution in [3.8, 4) is 5.75 Å². The van der Waals surface area contributed by atoms with Gasteiger partial charge in [-0.25, -0.2) is 9.38 Å². The Morgan fingerprint density at radius 1 is 1.23 bits per heavy atom. The summed E-state index contributed by atoms with van der Waals surface area (Å²) in [4.78, 5) is 13.8. The molecule has 8 heteroatoms. The van der Waals surface area contributed by atoms with Crippen LogP contribution in [-0.2, 0) is 13.1 Å². The Balaban J connectivity index is 0.00000320. The third-order valence-electron chi connectivity index (χ3n) is 5.13. The normalized spacial score (nSPS) is 14.9.